The van der Waals surface area contributed by atoms with E-state index in [4.69, 9.17) is 4.74 Å². The summed E-state index contributed by atoms with van der Waals surface area (Å²) in [5.41, 5.74) is 0.285. The number of hydrogen-bond acceptors (Lipinski definition) is 5. The van der Waals surface area contributed by atoms with Crippen LogP contribution in [-0.2, 0) is 9.53 Å². The SMILES string of the molecule is COCCN1C[C@H](CNC(=O)c2cnccn2)CC1=O. The maximum atomic E-state index is 11.8. The van der Waals surface area contributed by atoms with Crippen molar-refractivity contribution in [2.24, 2.45) is 5.92 Å². The van der Waals surface area contributed by atoms with Gasteiger partial charge in [0.1, 0.15) is 5.69 Å². The second-order valence-corrected chi connectivity index (χ2v) is 4.70. The van der Waals surface area contributed by atoms with Gasteiger partial charge < -0.3 is 15.0 Å². The summed E-state index contributed by atoms with van der Waals surface area (Å²) in [5, 5.41) is 2.79. The first kappa shape index (κ1) is 14.4. The van der Waals surface area contributed by atoms with Crippen LogP contribution in [0.15, 0.2) is 18.6 Å². The summed E-state index contributed by atoms with van der Waals surface area (Å²) >= 11 is 0. The van der Waals surface area contributed by atoms with Crippen LogP contribution in [0.25, 0.3) is 0 Å². The molecule has 1 atom stereocenters. The van der Waals surface area contributed by atoms with Crippen molar-refractivity contribution in [2.75, 3.05) is 33.4 Å². The first-order valence-electron chi connectivity index (χ1n) is 6.51. The summed E-state index contributed by atoms with van der Waals surface area (Å²) in [7, 11) is 1.61. The third kappa shape index (κ3) is 3.74. The predicted octanol–water partition coefficient (Wildman–Crippen LogP) is -0.299. The van der Waals surface area contributed by atoms with Crippen molar-refractivity contribution in [3.8, 4) is 0 Å². The molecule has 1 fully saturated rings. The van der Waals surface area contributed by atoms with Crippen LogP contribution in [0.2, 0.25) is 0 Å². The van der Waals surface area contributed by atoms with Crippen molar-refractivity contribution in [3.63, 3.8) is 0 Å². The molecule has 1 saturated heterocycles. The fraction of sp³-hybridized carbons (Fsp3) is 0.538. The monoisotopic (exact) mass is 278 g/mol. The highest BCUT2D eigenvalue weighted by Crippen LogP contribution is 2.16. The van der Waals surface area contributed by atoms with Crippen LogP contribution >= 0.6 is 0 Å². The van der Waals surface area contributed by atoms with E-state index in [1.807, 2.05) is 0 Å². The molecule has 7 nitrogen and oxygen atoms in total. The highest BCUT2D eigenvalue weighted by atomic mass is 16.5. The summed E-state index contributed by atoms with van der Waals surface area (Å²) < 4.78 is 4.96. The molecule has 1 aliphatic heterocycles. The van der Waals surface area contributed by atoms with Crippen molar-refractivity contribution < 1.29 is 14.3 Å². The maximum absolute atomic E-state index is 11.8. The highest BCUT2D eigenvalue weighted by molar-refractivity contribution is 5.91. The first-order valence-corrected chi connectivity index (χ1v) is 6.51. The molecule has 1 aromatic rings. The summed E-state index contributed by atoms with van der Waals surface area (Å²) in [4.78, 5) is 33.1. The van der Waals surface area contributed by atoms with Crippen LogP contribution in [0, 0.1) is 5.92 Å². The molecule has 0 unspecified atom stereocenters. The van der Waals surface area contributed by atoms with E-state index in [1.165, 1.54) is 18.6 Å². The first-order chi connectivity index (χ1) is 9.70. The number of likely N-dealkylation sites (tertiary alicyclic amines) is 1. The fourth-order valence-electron chi connectivity index (χ4n) is 2.15. The number of aromatic nitrogens is 2. The third-order valence-electron chi connectivity index (χ3n) is 3.21. The number of carbonyl (C=O) groups is 2. The zero-order chi connectivity index (χ0) is 14.4. The van der Waals surface area contributed by atoms with E-state index in [0.29, 0.717) is 32.7 Å². The standard InChI is InChI=1S/C13H18N4O3/c1-20-5-4-17-9-10(6-12(17)18)7-16-13(19)11-8-14-2-3-15-11/h2-3,8,10H,4-7,9H2,1H3,(H,16,19)/t10-/m0/s1. The van der Waals surface area contributed by atoms with Crippen molar-refractivity contribution in [1.82, 2.24) is 20.2 Å². The van der Waals surface area contributed by atoms with Gasteiger partial charge in [-0.1, -0.05) is 0 Å². The van der Waals surface area contributed by atoms with Gasteiger partial charge in [-0.3, -0.25) is 14.6 Å². The Morgan fingerprint density at radius 2 is 2.40 bits per heavy atom. The zero-order valence-electron chi connectivity index (χ0n) is 11.4. The highest BCUT2D eigenvalue weighted by Gasteiger charge is 2.29. The molecule has 108 valence electrons. The normalized spacial score (nSPS) is 18.4. The summed E-state index contributed by atoms with van der Waals surface area (Å²) in [6.45, 7) is 2.25. The van der Waals surface area contributed by atoms with Gasteiger partial charge >= 0.3 is 0 Å². The molecule has 7 heteroatoms. The topological polar surface area (TPSA) is 84.4 Å². The number of rotatable bonds is 6. The molecule has 1 aromatic heterocycles. The van der Waals surface area contributed by atoms with E-state index in [-0.39, 0.29) is 23.4 Å². The van der Waals surface area contributed by atoms with Crippen LogP contribution in [0.1, 0.15) is 16.9 Å². The van der Waals surface area contributed by atoms with E-state index in [1.54, 1.807) is 12.0 Å². The molecule has 1 aliphatic rings. The molecule has 0 saturated carbocycles. The lowest BCUT2D eigenvalue weighted by Gasteiger charge is -2.16. The van der Waals surface area contributed by atoms with Crippen molar-refractivity contribution in [3.05, 3.63) is 24.3 Å². The van der Waals surface area contributed by atoms with Gasteiger partial charge in [-0.05, 0) is 0 Å². The quantitative estimate of drug-likeness (QED) is 0.772. The number of hydrogen-bond donors (Lipinski definition) is 1. The molecule has 2 rings (SSSR count). The molecule has 0 radical (unpaired) electrons. The predicted molar refractivity (Wildman–Crippen MR) is 70.9 cm³/mol. The van der Waals surface area contributed by atoms with Gasteiger partial charge in [-0.15, -0.1) is 0 Å². The second-order valence-electron chi connectivity index (χ2n) is 4.70. The molecular weight excluding hydrogens is 260 g/mol. The molecule has 2 heterocycles. The minimum atomic E-state index is -0.263. The Balaban J connectivity index is 1.78. The number of amides is 2. The Morgan fingerprint density at radius 3 is 3.10 bits per heavy atom. The minimum absolute atomic E-state index is 0.112. The van der Waals surface area contributed by atoms with Gasteiger partial charge in [0.05, 0.1) is 12.8 Å². The van der Waals surface area contributed by atoms with Gasteiger partial charge in [0.15, 0.2) is 0 Å². The van der Waals surface area contributed by atoms with Gasteiger partial charge in [0.25, 0.3) is 5.91 Å². The average molecular weight is 278 g/mol. The van der Waals surface area contributed by atoms with Gasteiger partial charge in [-0.25, -0.2) is 4.98 Å². The Labute approximate surface area is 117 Å². The lowest BCUT2D eigenvalue weighted by Crippen LogP contribution is -2.32. The molecular formula is C13H18N4O3. The van der Waals surface area contributed by atoms with Crippen molar-refractivity contribution in [1.29, 1.82) is 0 Å². The maximum Gasteiger partial charge on any atom is 0.271 e. The van der Waals surface area contributed by atoms with Gasteiger partial charge in [-0.2, -0.15) is 0 Å². The van der Waals surface area contributed by atoms with E-state index in [0.717, 1.165) is 0 Å². The number of nitrogens with one attached hydrogen (secondary N) is 1. The number of nitrogens with zero attached hydrogens (tertiary/aromatic N) is 3. The second kappa shape index (κ2) is 6.95. The molecule has 1 N–H and O–H groups in total. The fourth-order valence-corrected chi connectivity index (χ4v) is 2.15. The van der Waals surface area contributed by atoms with E-state index in [2.05, 4.69) is 15.3 Å². The molecule has 0 aliphatic carbocycles. The largest absolute Gasteiger partial charge is 0.383 e. The summed E-state index contributed by atoms with van der Waals surface area (Å²) in [5.74, 6) is -0.0123. The Bertz CT molecular complexity index is 466. The summed E-state index contributed by atoms with van der Waals surface area (Å²) in [6, 6.07) is 0. The molecule has 0 spiro atoms. The van der Waals surface area contributed by atoms with E-state index in [9.17, 15) is 9.59 Å². The van der Waals surface area contributed by atoms with Crippen LogP contribution in [0.5, 0.6) is 0 Å². The van der Waals surface area contributed by atoms with Crippen LogP contribution < -0.4 is 5.32 Å². The van der Waals surface area contributed by atoms with Gasteiger partial charge in [0.2, 0.25) is 5.91 Å². The van der Waals surface area contributed by atoms with E-state index >= 15 is 0 Å². The van der Waals surface area contributed by atoms with Crippen LogP contribution in [-0.4, -0.2) is 60.0 Å². The number of ether oxygens (including phenoxy) is 1. The Morgan fingerprint density at radius 1 is 1.55 bits per heavy atom. The van der Waals surface area contributed by atoms with Crippen molar-refractivity contribution >= 4 is 11.8 Å². The molecule has 2 amide bonds. The smallest absolute Gasteiger partial charge is 0.271 e. The minimum Gasteiger partial charge on any atom is -0.383 e. The zero-order valence-corrected chi connectivity index (χ0v) is 11.4. The number of carbonyl (C=O) groups excluding carboxylic acids is 2. The average Bonchev–Trinajstić information content (AvgIpc) is 2.84. The lowest BCUT2D eigenvalue weighted by atomic mass is 10.1. The van der Waals surface area contributed by atoms with Crippen LogP contribution in [0.4, 0.5) is 0 Å². The molecule has 0 bridgehead atoms. The number of methoxy groups -OCH3 is 1. The third-order valence-corrected chi connectivity index (χ3v) is 3.21. The summed E-state index contributed by atoms with van der Waals surface area (Å²) in [6.07, 6.45) is 4.87. The molecule has 20 heavy (non-hydrogen) atoms. The van der Waals surface area contributed by atoms with Crippen LogP contribution in [0.3, 0.4) is 0 Å². The Kier molecular flexibility index (Phi) is 5.00. The lowest BCUT2D eigenvalue weighted by molar-refractivity contribution is -0.128. The van der Waals surface area contributed by atoms with E-state index < -0.39 is 0 Å². The Hall–Kier alpha value is -2.02. The molecule has 0 aromatic carbocycles. The van der Waals surface area contributed by atoms with Crippen molar-refractivity contribution in [2.45, 2.75) is 6.42 Å². The van der Waals surface area contributed by atoms with Gasteiger partial charge in [0, 0.05) is 51.5 Å².